The number of nitrogens with one attached hydrogen (secondary N) is 1. The molecule has 1 aliphatic rings. The molecule has 1 saturated heterocycles. The van der Waals surface area contributed by atoms with Gasteiger partial charge in [0.25, 0.3) is 0 Å². The monoisotopic (exact) mass is 303 g/mol. The van der Waals surface area contributed by atoms with Crippen LogP contribution in [-0.2, 0) is 16.0 Å². The molecule has 0 aliphatic carbocycles. The quantitative estimate of drug-likeness (QED) is 0.940. The van der Waals surface area contributed by atoms with E-state index >= 15 is 0 Å². The van der Waals surface area contributed by atoms with E-state index in [1.54, 1.807) is 11.3 Å². The van der Waals surface area contributed by atoms with Crippen molar-refractivity contribution in [2.24, 2.45) is 5.92 Å². The number of carbonyl (C=O) groups is 1. The Morgan fingerprint density at radius 3 is 2.95 bits per heavy atom. The summed E-state index contributed by atoms with van der Waals surface area (Å²) >= 11 is 1.77. The number of amides is 1. The number of carbonyl (C=O) groups excluding carboxylic acids is 1. The fourth-order valence-corrected chi connectivity index (χ4v) is 3.87. The molecule has 1 aromatic heterocycles. The second-order valence-electron chi connectivity index (χ2n) is 5.76. The van der Waals surface area contributed by atoms with Crippen molar-refractivity contribution in [3.63, 3.8) is 0 Å². The number of rotatable bonds is 4. The van der Waals surface area contributed by atoms with Crippen LogP contribution in [0.25, 0.3) is 10.1 Å². The number of benzene rings is 1. The predicted octanol–water partition coefficient (Wildman–Crippen LogP) is 3.38. The third-order valence-electron chi connectivity index (χ3n) is 4.07. The maximum atomic E-state index is 12.2. The van der Waals surface area contributed by atoms with Crippen molar-refractivity contribution in [2.75, 3.05) is 13.2 Å². The lowest BCUT2D eigenvalue weighted by atomic mass is 9.98. The van der Waals surface area contributed by atoms with Crippen molar-refractivity contribution in [3.05, 3.63) is 35.2 Å². The van der Waals surface area contributed by atoms with Crippen LogP contribution >= 0.6 is 11.3 Å². The van der Waals surface area contributed by atoms with E-state index in [1.165, 1.54) is 15.6 Å². The number of hydrogen-bond donors (Lipinski definition) is 1. The van der Waals surface area contributed by atoms with E-state index in [2.05, 4.69) is 41.9 Å². The molecule has 1 aliphatic heterocycles. The second kappa shape index (κ2) is 6.58. The molecular formula is C17H21NO2S. The lowest BCUT2D eigenvalue weighted by Crippen LogP contribution is -2.40. The highest BCUT2D eigenvalue weighted by molar-refractivity contribution is 7.17. The van der Waals surface area contributed by atoms with E-state index < -0.39 is 0 Å². The number of thiophene rings is 1. The molecule has 1 fully saturated rings. The molecule has 0 radical (unpaired) electrons. The molecule has 3 rings (SSSR count). The van der Waals surface area contributed by atoms with Gasteiger partial charge in [0.1, 0.15) is 0 Å². The molecule has 1 aromatic carbocycles. The SMILES string of the molecule is C[C@H](Cc1csc2ccccc12)NC(=O)C1CCOCC1. The van der Waals surface area contributed by atoms with Gasteiger partial charge in [-0.3, -0.25) is 4.79 Å². The molecular weight excluding hydrogens is 282 g/mol. The first-order chi connectivity index (χ1) is 10.2. The summed E-state index contributed by atoms with van der Waals surface area (Å²) in [6.07, 6.45) is 2.58. The van der Waals surface area contributed by atoms with Crippen molar-refractivity contribution >= 4 is 27.3 Å². The molecule has 0 unspecified atom stereocenters. The Morgan fingerprint density at radius 1 is 1.38 bits per heavy atom. The van der Waals surface area contributed by atoms with Gasteiger partial charge >= 0.3 is 0 Å². The van der Waals surface area contributed by atoms with Crippen LogP contribution in [0.15, 0.2) is 29.6 Å². The van der Waals surface area contributed by atoms with Crippen molar-refractivity contribution in [1.29, 1.82) is 0 Å². The Morgan fingerprint density at radius 2 is 2.14 bits per heavy atom. The zero-order chi connectivity index (χ0) is 14.7. The van der Waals surface area contributed by atoms with Gasteiger partial charge in [-0.2, -0.15) is 0 Å². The molecule has 4 heteroatoms. The first kappa shape index (κ1) is 14.5. The van der Waals surface area contributed by atoms with Gasteiger partial charge in [0.05, 0.1) is 0 Å². The average molecular weight is 303 g/mol. The van der Waals surface area contributed by atoms with Gasteiger partial charge in [-0.1, -0.05) is 18.2 Å². The van der Waals surface area contributed by atoms with E-state index in [9.17, 15) is 4.79 Å². The van der Waals surface area contributed by atoms with E-state index in [-0.39, 0.29) is 17.9 Å². The molecule has 1 atom stereocenters. The molecule has 2 heterocycles. The van der Waals surface area contributed by atoms with E-state index in [1.807, 2.05) is 0 Å². The third-order valence-corrected chi connectivity index (χ3v) is 5.08. The summed E-state index contributed by atoms with van der Waals surface area (Å²) in [5, 5.41) is 6.69. The fourth-order valence-electron chi connectivity index (χ4n) is 2.89. The van der Waals surface area contributed by atoms with Gasteiger partial charge < -0.3 is 10.1 Å². The van der Waals surface area contributed by atoms with Crippen LogP contribution in [0.3, 0.4) is 0 Å². The standard InChI is InChI=1S/C17H21NO2S/c1-12(18-17(19)13-6-8-20-9-7-13)10-14-11-21-16-5-3-2-4-15(14)16/h2-5,11-13H,6-10H2,1H3,(H,18,19)/t12-/m1/s1. The van der Waals surface area contributed by atoms with Crippen molar-refractivity contribution in [2.45, 2.75) is 32.2 Å². The minimum Gasteiger partial charge on any atom is -0.381 e. The van der Waals surface area contributed by atoms with Gasteiger partial charge in [0.2, 0.25) is 5.91 Å². The minimum atomic E-state index is 0.125. The van der Waals surface area contributed by atoms with Crippen LogP contribution in [0, 0.1) is 5.92 Å². The van der Waals surface area contributed by atoms with Crippen LogP contribution in [0.5, 0.6) is 0 Å². The number of ether oxygens (including phenoxy) is 1. The summed E-state index contributed by atoms with van der Waals surface area (Å²) in [6.45, 7) is 3.51. The van der Waals surface area contributed by atoms with Crippen molar-refractivity contribution in [1.82, 2.24) is 5.32 Å². The van der Waals surface area contributed by atoms with Gasteiger partial charge in [-0.15, -0.1) is 11.3 Å². The Hall–Kier alpha value is -1.39. The topological polar surface area (TPSA) is 38.3 Å². The normalized spacial score (nSPS) is 17.8. The summed E-state index contributed by atoms with van der Waals surface area (Å²) in [5.74, 6) is 0.311. The molecule has 112 valence electrons. The van der Waals surface area contributed by atoms with E-state index in [0.29, 0.717) is 13.2 Å². The smallest absolute Gasteiger partial charge is 0.223 e. The molecule has 1 N–H and O–H groups in total. The van der Waals surface area contributed by atoms with E-state index in [0.717, 1.165) is 19.3 Å². The minimum absolute atomic E-state index is 0.125. The predicted molar refractivity (Wildman–Crippen MR) is 86.7 cm³/mol. The molecule has 0 spiro atoms. The van der Waals surface area contributed by atoms with Crippen LogP contribution in [0.1, 0.15) is 25.3 Å². The summed E-state index contributed by atoms with van der Waals surface area (Å²) in [7, 11) is 0. The summed E-state index contributed by atoms with van der Waals surface area (Å²) < 4.78 is 6.62. The van der Waals surface area contributed by atoms with Gasteiger partial charge in [-0.05, 0) is 48.6 Å². The summed E-state index contributed by atoms with van der Waals surface area (Å²) in [4.78, 5) is 12.2. The van der Waals surface area contributed by atoms with Gasteiger partial charge in [-0.25, -0.2) is 0 Å². The second-order valence-corrected chi connectivity index (χ2v) is 6.67. The lowest BCUT2D eigenvalue weighted by Gasteiger charge is -2.23. The fraction of sp³-hybridized carbons (Fsp3) is 0.471. The van der Waals surface area contributed by atoms with Crippen LogP contribution in [0.2, 0.25) is 0 Å². The zero-order valence-corrected chi connectivity index (χ0v) is 13.1. The van der Waals surface area contributed by atoms with Crippen molar-refractivity contribution < 1.29 is 9.53 Å². The molecule has 2 aromatic rings. The highest BCUT2D eigenvalue weighted by Crippen LogP contribution is 2.26. The zero-order valence-electron chi connectivity index (χ0n) is 12.3. The Bertz CT molecular complexity index is 616. The maximum Gasteiger partial charge on any atom is 0.223 e. The Labute approximate surface area is 129 Å². The highest BCUT2D eigenvalue weighted by atomic mass is 32.1. The number of fused-ring (bicyclic) bond motifs is 1. The van der Waals surface area contributed by atoms with Crippen LogP contribution in [-0.4, -0.2) is 25.2 Å². The first-order valence-electron chi connectivity index (χ1n) is 7.57. The molecule has 0 saturated carbocycles. The summed E-state index contributed by atoms with van der Waals surface area (Å²) in [6, 6.07) is 8.62. The average Bonchev–Trinajstić information content (AvgIpc) is 2.91. The first-order valence-corrected chi connectivity index (χ1v) is 8.45. The number of hydrogen-bond acceptors (Lipinski definition) is 3. The van der Waals surface area contributed by atoms with Crippen molar-refractivity contribution in [3.8, 4) is 0 Å². The molecule has 1 amide bonds. The highest BCUT2D eigenvalue weighted by Gasteiger charge is 2.22. The Balaban J connectivity index is 1.60. The third kappa shape index (κ3) is 3.44. The molecule has 21 heavy (non-hydrogen) atoms. The van der Waals surface area contributed by atoms with E-state index in [4.69, 9.17) is 4.74 Å². The van der Waals surface area contributed by atoms with Gasteiger partial charge in [0, 0.05) is 29.9 Å². The Kier molecular flexibility index (Phi) is 4.56. The summed E-state index contributed by atoms with van der Waals surface area (Å²) in [5.41, 5.74) is 1.33. The lowest BCUT2D eigenvalue weighted by molar-refractivity contribution is -0.128. The molecule has 0 bridgehead atoms. The van der Waals surface area contributed by atoms with Crippen LogP contribution in [0.4, 0.5) is 0 Å². The maximum absolute atomic E-state index is 12.2. The largest absolute Gasteiger partial charge is 0.381 e. The van der Waals surface area contributed by atoms with Crippen LogP contribution < -0.4 is 5.32 Å². The molecule has 3 nitrogen and oxygen atoms in total. The van der Waals surface area contributed by atoms with Gasteiger partial charge in [0.15, 0.2) is 0 Å².